The highest BCUT2D eigenvalue weighted by atomic mass is 79.9. The molecule has 16 heavy (non-hydrogen) atoms. The Morgan fingerprint density at radius 1 is 1.38 bits per heavy atom. The van der Waals surface area contributed by atoms with E-state index in [0.29, 0.717) is 0 Å². The van der Waals surface area contributed by atoms with Gasteiger partial charge in [-0.3, -0.25) is 0 Å². The Labute approximate surface area is 104 Å². The average molecular weight is 280 g/mol. The molecule has 0 aliphatic carbocycles. The van der Waals surface area contributed by atoms with Gasteiger partial charge in [-0.1, -0.05) is 0 Å². The summed E-state index contributed by atoms with van der Waals surface area (Å²) in [5.41, 5.74) is 3.35. The van der Waals surface area contributed by atoms with Gasteiger partial charge in [0.25, 0.3) is 0 Å². The van der Waals surface area contributed by atoms with Crippen molar-refractivity contribution < 1.29 is 0 Å². The van der Waals surface area contributed by atoms with E-state index in [1.807, 2.05) is 36.9 Å². The van der Waals surface area contributed by atoms with Crippen LogP contribution in [0.25, 0.3) is 0 Å². The fourth-order valence-corrected chi connectivity index (χ4v) is 1.98. The number of pyridine rings is 1. The number of aryl methyl sites for hydroxylation is 2. The van der Waals surface area contributed by atoms with Crippen LogP contribution < -0.4 is 5.32 Å². The van der Waals surface area contributed by atoms with E-state index in [-0.39, 0.29) is 0 Å². The van der Waals surface area contributed by atoms with Crippen LogP contribution in [0.15, 0.2) is 35.2 Å². The minimum absolute atomic E-state index is 0.824. The lowest BCUT2D eigenvalue weighted by Gasteiger charge is -2.07. The third-order valence-corrected chi connectivity index (χ3v) is 2.87. The van der Waals surface area contributed by atoms with Crippen LogP contribution >= 0.6 is 15.9 Å². The Kier molecular flexibility index (Phi) is 3.29. The molecule has 0 unspecified atom stereocenters. The third-order valence-electron chi connectivity index (χ3n) is 2.43. The molecule has 0 saturated carbocycles. The predicted molar refractivity (Wildman–Crippen MR) is 69.4 cm³/mol. The number of nitrogens with zero attached hydrogens (tertiary/aromatic N) is 2. The minimum atomic E-state index is 0.824. The maximum Gasteiger partial charge on any atom is 0.106 e. The van der Waals surface area contributed by atoms with Gasteiger partial charge in [-0.15, -0.1) is 0 Å². The number of rotatable bonds is 3. The van der Waals surface area contributed by atoms with Crippen molar-refractivity contribution in [2.24, 2.45) is 7.05 Å². The third kappa shape index (κ3) is 2.64. The fourth-order valence-electron chi connectivity index (χ4n) is 1.58. The summed E-state index contributed by atoms with van der Waals surface area (Å²) in [6, 6.07) is 6.09. The van der Waals surface area contributed by atoms with E-state index in [0.717, 1.165) is 22.5 Å². The molecule has 0 atom stereocenters. The molecule has 0 aliphatic heterocycles. The highest BCUT2D eigenvalue weighted by molar-refractivity contribution is 9.10. The summed E-state index contributed by atoms with van der Waals surface area (Å²) in [7, 11) is 2.02. The predicted octanol–water partition coefficient (Wildman–Crippen LogP) is 3.10. The van der Waals surface area contributed by atoms with Crippen LogP contribution in [0.5, 0.6) is 0 Å². The molecule has 2 rings (SSSR count). The number of hydrogen-bond donors (Lipinski definition) is 1. The van der Waals surface area contributed by atoms with Crippen LogP contribution in [-0.4, -0.2) is 9.55 Å². The van der Waals surface area contributed by atoms with Gasteiger partial charge in [0, 0.05) is 26.0 Å². The maximum absolute atomic E-state index is 4.34. The summed E-state index contributed by atoms with van der Waals surface area (Å²) in [5.74, 6) is 0. The molecule has 3 nitrogen and oxygen atoms in total. The molecule has 0 bridgehead atoms. The van der Waals surface area contributed by atoms with Crippen LogP contribution in [-0.2, 0) is 13.6 Å². The van der Waals surface area contributed by atoms with E-state index in [1.165, 1.54) is 5.56 Å². The highest BCUT2D eigenvalue weighted by Gasteiger charge is 2.00. The molecule has 2 aromatic rings. The summed E-state index contributed by atoms with van der Waals surface area (Å²) in [4.78, 5) is 4.34. The standard InChI is InChI=1S/C12H14BrN3/c1-9-11(3-4-12(13)15-9)14-7-10-5-6-16(2)8-10/h3-6,8,14H,7H2,1-2H3. The Morgan fingerprint density at radius 3 is 2.81 bits per heavy atom. The normalized spacial score (nSPS) is 10.4. The highest BCUT2D eigenvalue weighted by Crippen LogP contribution is 2.16. The van der Waals surface area contributed by atoms with Crippen molar-refractivity contribution in [3.8, 4) is 0 Å². The topological polar surface area (TPSA) is 29.9 Å². The lowest BCUT2D eigenvalue weighted by atomic mass is 10.3. The zero-order chi connectivity index (χ0) is 11.5. The van der Waals surface area contributed by atoms with Gasteiger partial charge in [0.15, 0.2) is 0 Å². The summed E-state index contributed by atoms with van der Waals surface area (Å²) < 4.78 is 2.92. The van der Waals surface area contributed by atoms with Gasteiger partial charge >= 0.3 is 0 Å². The first-order chi connectivity index (χ1) is 7.65. The molecule has 2 heterocycles. The van der Waals surface area contributed by atoms with Crippen molar-refractivity contribution in [3.05, 3.63) is 46.5 Å². The lowest BCUT2D eigenvalue weighted by molar-refractivity contribution is 0.920. The van der Waals surface area contributed by atoms with Crippen molar-refractivity contribution in [2.45, 2.75) is 13.5 Å². The van der Waals surface area contributed by atoms with Crippen LogP contribution in [0, 0.1) is 6.92 Å². The maximum atomic E-state index is 4.34. The first-order valence-electron chi connectivity index (χ1n) is 5.13. The van der Waals surface area contributed by atoms with Crippen LogP contribution in [0.1, 0.15) is 11.3 Å². The minimum Gasteiger partial charge on any atom is -0.379 e. The van der Waals surface area contributed by atoms with Crippen molar-refractivity contribution in [2.75, 3.05) is 5.32 Å². The molecule has 4 heteroatoms. The van der Waals surface area contributed by atoms with Gasteiger partial charge in [-0.2, -0.15) is 0 Å². The Balaban J connectivity index is 2.04. The summed E-state index contributed by atoms with van der Waals surface area (Å²) in [6.45, 7) is 2.82. The molecule has 0 aromatic carbocycles. The number of anilines is 1. The van der Waals surface area contributed by atoms with E-state index in [4.69, 9.17) is 0 Å². The van der Waals surface area contributed by atoms with Gasteiger partial charge in [-0.25, -0.2) is 4.98 Å². The van der Waals surface area contributed by atoms with E-state index in [2.05, 4.69) is 38.5 Å². The zero-order valence-corrected chi connectivity index (χ0v) is 11.0. The largest absolute Gasteiger partial charge is 0.379 e. The smallest absolute Gasteiger partial charge is 0.106 e. The van der Waals surface area contributed by atoms with Crippen molar-refractivity contribution in [1.82, 2.24) is 9.55 Å². The molecule has 84 valence electrons. The zero-order valence-electron chi connectivity index (χ0n) is 9.37. The Morgan fingerprint density at radius 2 is 2.19 bits per heavy atom. The summed E-state index contributed by atoms with van der Waals surface area (Å²) in [6.07, 6.45) is 4.15. The molecule has 1 N–H and O–H groups in total. The quantitative estimate of drug-likeness (QED) is 0.875. The number of nitrogens with one attached hydrogen (secondary N) is 1. The van der Waals surface area contributed by atoms with Crippen LogP contribution in [0.4, 0.5) is 5.69 Å². The molecule has 2 aromatic heterocycles. The van der Waals surface area contributed by atoms with Crippen molar-refractivity contribution >= 4 is 21.6 Å². The molecule has 0 aliphatic rings. The van der Waals surface area contributed by atoms with Gasteiger partial charge < -0.3 is 9.88 Å². The molecular weight excluding hydrogens is 266 g/mol. The molecule has 0 spiro atoms. The lowest BCUT2D eigenvalue weighted by Crippen LogP contribution is -2.01. The summed E-state index contributed by atoms with van der Waals surface area (Å²) in [5, 5.41) is 3.37. The molecule has 0 amide bonds. The van der Waals surface area contributed by atoms with E-state index < -0.39 is 0 Å². The van der Waals surface area contributed by atoms with E-state index >= 15 is 0 Å². The number of aromatic nitrogens is 2. The van der Waals surface area contributed by atoms with E-state index in [9.17, 15) is 0 Å². The van der Waals surface area contributed by atoms with Crippen LogP contribution in [0.2, 0.25) is 0 Å². The van der Waals surface area contributed by atoms with Gasteiger partial charge in [0.1, 0.15) is 4.60 Å². The molecule has 0 radical (unpaired) electrons. The first kappa shape index (κ1) is 11.2. The molecular formula is C12H14BrN3. The van der Waals surface area contributed by atoms with Gasteiger partial charge in [0.2, 0.25) is 0 Å². The summed E-state index contributed by atoms with van der Waals surface area (Å²) >= 11 is 3.35. The fraction of sp³-hybridized carbons (Fsp3) is 0.250. The van der Waals surface area contributed by atoms with Crippen LogP contribution in [0.3, 0.4) is 0 Å². The monoisotopic (exact) mass is 279 g/mol. The Bertz CT molecular complexity index is 491. The second-order valence-corrected chi connectivity index (χ2v) is 4.62. The van der Waals surface area contributed by atoms with Gasteiger partial charge in [-0.05, 0) is 46.6 Å². The van der Waals surface area contributed by atoms with E-state index in [1.54, 1.807) is 0 Å². The average Bonchev–Trinajstić information content (AvgIpc) is 2.63. The second-order valence-electron chi connectivity index (χ2n) is 3.81. The second kappa shape index (κ2) is 4.70. The SMILES string of the molecule is Cc1nc(Br)ccc1NCc1ccn(C)c1. The van der Waals surface area contributed by atoms with Gasteiger partial charge in [0.05, 0.1) is 11.4 Å². The number of halogens is 1. The molecule has 0 fully saturated rings. The first-order valence-corrected chi connectivity index (χ1v) is 5.92. The molecule has 0 saturated heterocycles. The van der Waals surface area contributed by atoms with Crippen molar-refractivity contribution in [1.29, 1.82) is 0 Å². The number of hydrogen-bond acceptors (Lipinski definition) is 2. The Hall–Kier alpha value is -1.29. The van der Waals surface area contributed by atoms with Crippen molar-refractivity contribution in [3.63, 3.8) is 0 Å².